The average Bonchev–Trinajstić information content (AvgIpc) is 3.14. The number of ether oxygens (including phenoxy) is 1. The van der Waals surface area contributed by atoms with E-state index in [-0.39, 0.29) is 11.8 Å². The van der Waals surface area contributed by atoms with Gasteiger partial charge in [0.25, 0.3) is 5.91 Å². The first-order valence-corrected chi connectivity index (χ1v) is 9.77. The van der Waals surface area contributed by atoms with E-state index >= 15 is 0 Å². The van der Waals surface area contributed by atoms with Crippen LogP contribution in [-0.2, 0) is 9.53 Å². The number of urea groups is 1. The Labute approximate surface area is 171 Å². The molecule has 1 aliphatic heterocycles. The van der Waals surface area contributed by atoms with Gasteiger partial charge in [-0.15, -0.1) is 0 Å². The smallest absolute Gasteiger partial charge is 0.408 e. The van der Waals surface area contributed by atoms with Gasteiger partial charge in [0.2, 0.25) is 0 Å². The van der Waals surface area contributed by atoms with Crippen LogP contribution in [0.15, 0.2) is 18.6 Å². The highest BCUT2D eigenvalue weighted by Gasteiger charge is 2.38. The topological polar surface area (TPSA) is 117 Å². The van der Waals surface area contributed by atoms with Crippen LogP contribution in [-0.4, -0.2) is 62.7 Å². The molecule has 4 amide bonds. The molecule has 10 nitrogen and oxygen atoms in total. The lowest BCUT2D eigenvalue weighted by Gasteiger charge is -2.33. The van der Waals surface area contributed by atoms with E-state index in [1.807, 2.05) is 13.8 Å². The Bertz CT molecular complexity index is 721. The summed E-state index contributed by atoms with van der Waals surface area (Å²) in [6.45, 7) is 9.86. The molecule has 0 unspecified atom stereocenters. The van der Waals surface area contributed by atoms with Gasteiger partial charge in [0, 0.05) is 19.3 Å². The molecule has 1 aliphatic rings. The summed E-state index contributed by atoms with van der Waals surface area (Å²) in [6, 6.07) is 0.295. The summed E-state index contributed by atoms with van der Waals surface area (Å²) in [6.07, 6.45) is 3.49. The van der Waals surface area contributed by atoms with E-state index in [4.69, 9.17) is 4.74 Å². The van der Waals surface area contributed by atoms with Crippen LogP contribution >= 0.6 is 0 Å². The minimum absolute atomic E-state index is 0.137. The molecule has 0 aromatic carbocycles. The molecule has 0 saturated carbocycles. The molecule has 1 fully saturated rings. The predicted octanol–water partition coefficient (Wildman–Crippen LogP) is 2.40. The van der Waals surface area contributed by atoms with Crippen molar-refractivity contribution in [3.63, 3.8) is 0 Å². The van der Waals surface area contributed by atoms with Crippen molar-refractivity contribution in [1.82, 2.24) is 25.3 Å². The number of nitrogens with one attached hydrogen (secondary N) is 2. The first-order chi connectivity index (χ1) is 13.6. The summed E-state index contributed by atoms with van der Waals surface area (Å²) in [5.41, 5.74) is -0.676. The van der Waals surface area contributed by atoms with Crippen LogP contribution in [0.4, 0.5) is 15.4 Å². The summed E-state index contributed by atoms with van der Waals surface area (Å²) >= 11 is 0. The van der Waals surface area contributed by atoms with E-state index in [0.717, 1.165) is 0 Å². The third kappa shape index (κ3) is 6.30. The number of amides is 4. The standard InChI is InChI=1S/C19H30N6O4/c1-6-13(2)15(23-18(28)29-19(3,4)5)16(26)24-10-7-11-25(24)17(27)22-14-8-9-20-12-21-14/h8-9,12-13,15H,6-7,10-11H2,1-5H3,(H,23,28)(H,20,21,22,27)/t13-,15-/m0/s1. The maximum atomic E-state index is 13.2. The van der Waals surface area contributed by atoms with Gasteiger partial charge in [0.05, 0.1) is 0 Å². The number of hydrogen-bond donors (Lipinski definition) is 2. The van der Waals surface area contributed by atoms with E-state index in [2.05, 4.69) is 20.6 Å². The van der Waals surface area contributed by atoms with Crippen LogP contribution in [0, 0.1) is 5.92 Å². The molecule has 0 spiro atoms. The maximum absolute atomic E-state index is 13.2. The molecule has 160 valence electrons. The zero-order valence-electron chi connectivity index (χ0n) is 17.6. The number of anilines is 1. The Morgan fingerprint density at radius 2 is 1.93 bits per heavy atom. The second-order valence-corrected chi connectivity index (χ2v) is 7.97. The lowest BCUT2D eigenvalue weighted by molar-refractivity contribution is -0.143. The Balaban J connectivity index is 2.11. The summed E-state index contributed by atoms with van der Waals surface area (Å²) in [5.74, 6) is -0.141. The zero-order valence-corrected chi connectivity index (χ0v) is 17.6. The van der Waals surface area contributed by atoms with Crippen LogP contribution in [0.3, 0.4) is 0 Å². The Hall–Kier alpha value is -2.91. The lowest BCUT2D eigenvalue weighted by atomic mass is 9.98. The largest absolute Gasteiger partial charge is 0.444 e. The summed E-state index contributed by atoms with van der Waals surface area (Å²) in [5, 5.41) is 8.05. The molecule has 2 heterocycles. The van der Waals surface area contributed by atoms with E-state index in [9.17, 15) is 14.4 Å². The Morgan fingerprint density at radius 3 is 2.52 bits per heavy atom. The Kier molecular flexibility index (Phi) is 7.35. The van der Waals surface area contributed by atoms with Gasteiger partial charge in [-0.2, -0.15) is 0 Å². The summed E-state index contributed by atoms with van der Waals surface area (Å²) in [4.78, 5) is 45.9. The monoisotopic (exact) mass is 406 g/mol. The van der Waals surface area contributed by atoms with Gasteiger partial charge >= 0.3 is 12.1 Å². The van der Waals surface area contributed by atoms with Crippen molar-refractivity contribution < 1.29 is 19.1 Å². The quantitative estimate of drug-likeness (QED) is 0.775. The van der Waals surface area contributed by atoms with Crippen LogP contribution in [0.25, 0.3) is 0 Å². The van der Waals surface area contributed by atoms with E-state index < -0.39 is 23.8 Å². The second-order valence-electron chi connectivity index (χ2n) is 7.97. The van der Waals surface area contributed by atoms with Gasteiger partial charge in [-0.25, -0.2) is 29.6 Å². The van der Waals surface area contributed by atoms with Crippen molar-refractivity contribution in [2.24, 2.45) is 5.92 Å². The molecule has 2 N–H and O–H groups in total. The Morgan fingerprint density at radius 1 is 1.24 bits per heavy atom. The predicted molar refractivity (Wildman–Crippen MR) is 107 cm³/mol. The van der Waals surface area contributed by atoms with Crippen molar-refractivity contribution in [2.75, 3.05) is 18.4 Å². The molecule has 10 heteroatoms. The van der Waals surface area contributed by atoms with Gasteiger partial charge in [-0.1, -0.05) is 20.3 Å². The molecule has 2 rings (SSSR count). The molecule has 0 bridgehead atoms. The third-order valence-corrected chi connectivity index (χ3v) is 4.49. The van der Waals surface area contributed by atoms with Crippen molar-refractivity contribution in [1.29, 1.82) is 0 Å². The molecular weight excluding hydrogens is 376 g/mol. The van der Waals surface area contributed by atoms with Crippen molar-refractivity contribution in [3.8, 4) is 0 Å². The number of hydrogen-bond acceptors (Lipinski definition) is 6. The molecule has 1 aromatic heterocycles. The molecule has 29 heavy (non-hydrogen) atoms. The number of carbonyl (C=O) groups excluding carboxylic acids is 3. The molecular formula is C19H30N6O4. The normalized spacial score (nSPS) is 16.2. The summed E-state index contributed by atoms with van der Waals surface area (Å²) in [7, 11) is 0. The van der Waals surface area contributed by atoms with Gasteiger partial charge < -0.3 is 10.1 Å². The first kappa shape index (κ1) is 22.4. The number of rotatable bonds is 5. The van der Waals surface area contributed by atoms with Crippen LogP contribution in [0.2, 0.25) is 0 Å². The molecule has 2 atom stereocenters. The zero-order chi connectivity index (χ0) is 21.6. The van der Waals surface area contributed by atoms with E-state index in [1.165, 1.54) is 22.5 Å². The van der Waals surface area contributed by atoms with Crippen molar-refractivity contribution in [2.45, 2.75) is 59.1 Å². The maximum Gasteiger partial charge on any atom is 0.408 e. The van der Waals surface area contributed by atoms with Gasteiger partial charge in [-0.05, 0) is 39.2 Å². The highest BCUT2D eigenvalue weighted by molar-refractivity contribution is 5.92. The first-order valence-electron chi connectivity index (χ1n) is 9.77. The number of hydrazine groups is 1. The SMILES string of the molecule is CC[C@H](C)[C@H](NC(=O)OC(C)(C)C)C(=O)N1CCCN1C(=O)Nc1ccncn1. The molecule has 1 aromatic rings. The molecule has 1 saturated heterocycles. The minimum Gasteiger partial charge on any atom is -0.444 e. The average molecular weight is 406 g/mol. The minimum atomic E-state index is -0.803. The number of nitrogens with zero attached hydrogens (tertiary/aromatic N) is 4. The number of aromatic nitrogens is 2. The molecule has 0 aliphatic carbocycles. The third-order valence-electron chi connectivity index (χ3n) is 4.49. The second kappa shape index (κ2) is 9.53. The number of alkyl carbamates (subject to hydrolysis) is 1. The van der Waals surface area contributed by atoms with Crippen LogP contribution in [0.1, 0.15) is 47.5 Å². The lowest BCUT2D eigenvalue weighted by Crippen LogP contribution is -2.56. The van der Waals surface area contributed by atoms with E-state index in [1.54, 1.807) is 26.8 Å². The molecule has 0 radical (unpaired) electrons. The van der Waals surface area contributed by atoms with Crippen molar-refractivity contribution in [3.05, 3.63) is 18.6 Å². The highest BCUT2D eigenvalue weighted by atomic mass is 16.6. The van der Waals surface area contributed by atoms with Crippen LogP contribution < -0.4 is 10.6 Å². The fourth-order valence-electron chi connectivity index (χ4n) is 2.87. The highest BCUT2D eigenvalue weighted by Crippen LogP contribution is 2.19. The van der Waals surface area contributed by atoms with E-state index in [0.29, 0.717) is 31.7 Å². The summed E-state index contributed by atoms with van der Waals surface area (Å²) < 4.78 is 5.30. The van der Waals surface area contributed by atoms with Gasteiger partial charge in [-0.3, -0.25) is 10.1 Å². The van der Waals surface area contributed by atoms with Gasteiger partial charge in [0.1, 0.15) is 23.8 Å². The number of carbonyl (C=O) groups is 3. The van der Waals surface area contributed by atoms with Crippen LogP contribution in [0.5, 0.6) is 0 Å². The fourth-order valence-corrected chi connectivity index (χ4v) is 2.87. The van der Waals surface area contributed by atoms with Gasteiger partial charge in [0.15, 0.2) is 0 Å². The van der Waals surface area contributed by atoms with Crippen molar-refractivity contribution >= 4 is 23.8 Å². The fraction of sp³-hybridized carbons (Fsp3) is 0.632.